The van der Waals surface area contributed by atoms with Crippen molar-refractivity contribution < 1.29 is 4.79 Å². The van der Waals surface area contributed by atoms with Crippen LogP contribution in [0.25, 0.3) is 0 Å². The van der Waals surface area contributed by atoms with Gasteiger partial charge in [0.25, 0.3) is 0 Å². The number of hydrogen-bond donors (Lipinski definition) is 2. The van der Waals surface area contributed by atoms with E-state index in [1.165, 1.54) is 0 Å². The van der Waals surface area contributed by atoms with E-state index in [0.29, 0.717) is 6.54 Å². The van der Waals surface area contributed by atoms with Gasteiger partial charge in [-0.25, -0.2) is 0 Å². The predicted molar refractivity (Wildman–Crippen MR) is 50.1 cm³/mol. The number of nitrogens with one attached hydrogen (secondary N) is 2. The highest BCUT2D eigenvalue weighted by molar-refractivity contribution is 5.77. The lowest BCUT2D eigenvalue weighted by Gasteiger charge is -2.15. The molecular formula is C8H19N3O. The summed E-state index contributed by atoms with van der Waals surface area (Å²) in [4.78, 5) is 12.9. The average Bonchev–Trinajstić information content (AvgIpc) is 2.05. The lowest BCUT2D eigenvalue weighted by Crippen LogP contribution is -2.36. The van der Waals surface area contributed by atoms with E-state index in [1.807, 2.05) is 11.9 Å². The van der Waals surface area contributed by atoms with E-state index in [0.717, 1.165) is 19.6 Å². The first-order chi connectivity index (χ1) is 5.70. The van der Waals surface area contributed by atoms with Gasteiger partial charge < -0.3 is 10.6 Å². The molecule has 0 aromatic heterocycles. The quantitative estimate of drug-likeness (QED) is 0.521. The third-order valence-corrected chi connectivity index (χ3v) is 1.61. The molecule has 1 amide bonds. The van der Waals surface area contributed by atoms with E-state index >= 15 is 0 Å². The summed E-state index contributed by atoms with van der Waals surface area (Å²) in [6, 6.07) is 0. The van der Waals surface area contributed by atoms with Crippen LogP contribution in [0.15, 0.2) is 0 Å². The van der Waals surface area contributed by atoms with Crippen LogP contribution in [0, 0.1) is 0 Å². The summed E-state index contributed by atoms with van der Waals surface area (Å²) in [5, 5.41) is 5.78. The number of nitrogens with zero attached hydrogens (tertiary/aromatic N) is 1. The van der Waals surface area contributed by atoms with E-state index in [-0.39, 0.29) is 5.91 Å². The molecule has 0 saturated heterocycles. The minimum absolute atomic E-state index is 0.0639. The summed E-state index contributed by atoms with van der Waals surface area (Å²) >= 11 is 0. The van der Waals surface area contributed by atoms with Crippen LogP contribution in [0.2, 0.25) is 0 Å². The molecule has 0 spiro atoms. The van der Waals surface area contributed by atoms with Gasteiger partial charge in [0.2, 0.25) is 5.91 Å². The lowest BCUT2D eigenvalue weighted by molar-refractivity contribution is -0.121. The molecule has 0 fully saturated rings. The Balaban J connectivity index is 3.32. The van der Waals surface area contributed by atoms with Crippen molar-refractivity contribution in [2.45, 2.75) is 6.92 Å². The maximum atomic E-state index is 10.9. The first kappa shape index (κ1) is 11.4. The second-order valence-electron chi connectivity index (χ2n) is 2.76. The fraction of sp³-hybridized carbons (Fsp3) is 0.875. The van der Waals surface area contributed by atoms with Crippen LogP contribution in [0.3, 0.4) is 0 Å². The van der Waals surface area contributed by atoms with E-state index in [1.54, 1.807) is 7.05 Å². The van der Waals surface area contributed by atoms with Crippen LogP contribution in [0.1, 0.15) is 6.92 Å². The Morgan fingerprint density at radius 1 is 1.50 bits per heavy atom. The molecule has 2 N–H and O–H groups in total. The smallest absolute Gasteiger partial charge is 0.233 e. The molecule has 0 bridgehead atoms. The number of hydrogen-bond acceptors (Lipinski definition) is 3. The van der Waals surface area contributed by atoms with Crippen molar-refractivity contribution >= 4 is 5.91 Å². The molecule has 0 rings (SSSR count). The number of likely N-dealkylation sites (N-methyl/N-ethyl adjacent to an activating group) is 3. The fourth-order valence-corrected chi connectivity index (χ4v) is 0.850. The average molecular weight is 173 g/mol. The zero-order valence-electron chi connectivity index (χ0n) is 8.18. The van der Waals surface area contributed by atoms with Crippen molar-refractivity contribution in [2.24, 2.45) is 0 Å². The number of carbonyl (C=O) groups is 1. The predicted octanol–water partition coefficient (Wildman–Crippen LogP) is -0.726. The Hall–Kier alpha value is -0.610. The maximum Gasteiger partial charge on any atom is 0.233 e. The van der Waals surface area contributed by atoms with E-state index in [2.05, 4.69) is 17.6 Å². The third kappa shape index (κ3) is 6.12. The Bertz CT molecular complexity index is 127. The van der Waals surface area contributed by atoms with Crippen LogP contribution < -0.4 is 10.6 Å². The number of rotatable bonds is 6. The fourth-order valence-electron chi connectivity index (χ4n) is 0.850. The van der Waals surface area contributed by atoms with Gasteiger partial charge in [-0.1, -0.05) is 6.92 Å². The highest BCUT2D eigenvalue weighted by Gasteiger charge is 2.02. The molecule has 0 aliphatic rings. The van der Waals surface area contributed by atoms with Gasteiger partial charge in [-0.15, -0.1) is 0 Å². The van der Waals surface area contributed by atoms with Gasteiger partial charge in [0.15, 0.2) is 0 Å². The second-order valence-corrected chi connectivity index (χ2v) is 2.76. The molecule has 4 heteroatoms. The molecule has 0 atom stereocenters. The Labute approximate surface area is 74.3 Å². The summed E-state index contributed by atoms with van der Waals surface area (Å²) in [7, 11) is 3.59. The van der Waals surface area contributed by atoms with Crippen LogP contribution >= 0.6 is 0 Å². The Morgan fingerprint density at radius 3 is 2.67 bits per heavy atom. The van der Waals surface area contributed by atoms with E-state index < -0.39 is 0 Å². The van der Waals surface area contributed by atoms with E-state index in [4.69, 9.17) is 0 Å². The molecule has 0 aromatic rings. The molecule has 12 heavy (non-hydrogen) atoms. The molecule has 72 valence electrons. The van der Waals surface area contributed by atoms with Crippen molar-refractivity contribution in [3.05, 3.63) is 0 Å². The van der Waals surface area contributed by atoms with Crippen LogP contribution in [0.5, 0.6) is 0 Å². The first-order valence-electron chi connectivity index (χ1n) is 4.30. The third-order valence-electron chi connectivity index (χ3n) is 1.61. The highest BCUT2D eigenvalue weighted by Crippen LogP contribution is 1.79. The van der Waals surface area contributed by atoms with E-state index in [9.17, 15) is 4.79 Å². The largest absolute Gasteiger partial charge is 0.358 e. The van der Waals surface area contributed by atoms with Crippen molar-refractivity contribution in [2.75, 3.05) is 40.3 Å². The Kier molecular flexibility index (Phi) is 6.70. The molecule has 0 saturated carbocycles. The SMILES string of the molecule is CCNCCN(C)CC(=O)NC. The molecule has 0 aromatic carbocycles. The van der Waals surface area contributed by atoms with Crippen molar-refractivity contribution in [3.8, 4) is 0 Å². The molecule has 0 aliphatic heterocycles. The summed E-state index contributed by atoms with van der Waals surface area (Å²) in [5.41, 5.74) is 0. The monoisotopic (exact) mass is 173 g/mol. The van der Waals surface area contributed by atoms with Gasteiger partial charge in [-0.3, -0.25) is 9.69 Å². The van der Waals surface area contributed by atoms with Crippen LogP contribution in [-0.2, 0) is 4.79 Å². The van der Waals surface area contributed by atoms with Crippen molar-refractivity contribution in [1.82, 2.24) is 15.5 Å². The summed E-state index contributed by atoms with van der Waals surface area (Å²) < 4.78 is 0. The first-order valence-corrected chi connectivity index (χ1v) is 4.30. The summed E-state index contributed by atoms with van der Waals surface area (Å²) in [5.74, 6) is 0.0639. The number of carbonyl (C=O) groups excluding carboxylic acids is 1. The Morgan fingerprint density at radius 2 is 2.17 bits per heavy atom. The molecule has 0 radical (unpaired) electrons. The summed E-state index contributed by atoms with van der Waals surface area (Å²) in [6.45, 7) is 5.36. The van der Waals surface area contributed by atoms with Crippen molar-refractivity contribution in [1.29, 1.82) is 0 Å². The zero-order chi connectivity index (χ0) is 9.40. The van der Waals surface area contributed by atoms with Gasteiger partial charge in [0.05, 0.1) is 6.54 Å². The molecular weight excluding hydrogens is 154 g/mol. The molecule has 4 nitrogen and oxygen atoms in total. The maximum absolute atomic E-state index is 10.9. The van der Waals surface area contributed by atoms with Gasteiger partial charge in [0, 0.05) is 20.1 Å². The van der Waals surface area contributed by atoms with Gasteiger partial charge >= 0.3 is 0 Å². The zero-order valence-corrected chi connectivity index (χ0v) is 8.18. The topological polar surface area (TPSA) is 44.4 Å². The molecule has 0 unspecified atom stereocenters. The molecule has 0 aliphatic carbocycles. The minimum Gasteiger partial charge on any atom is -0.358 e. The minimum atomic E-state index is 0.0639. The van der Waals surface area contributed by atoms with Gasteiger partial charge in [-0.2, -0.15) is 0 Å². The highest BCUT2D eigenvalue weighted by atomic mass is 16.1. The normalized spacial score (nSPS) is 10.3. The van der Waals surface area contributed by atoms with Gasteiger partial charge in [-0.05, 0) is 13.6 Å². The lowest BCUT2D eigenvalue weighted by atomic mass is 10.5. The van der Waals surface area contributed by atoms with Crippen LogP contribution in [-0.4, -0.2) is 51.1 Å². The van der Waals surface area contributed by atoms with Crippen LogP contribution in [0.4, 0.5) is 0 Å². The molecule has 0 heterocycles. The standard InChI is InChI=1S/C8H19N3O/c1-4-10-5-6-11(3)7-8(12)9-2/h10H,4-7H2,1-3H3,(H,9,12). The van der Waals surface area contributed by atoms with Crippen molar-refractivity contribution in [3.63, 3.8) is 0 Å². The van der Waals surface area contributed by atoms with Gasteiger partial charge in [0.1, 0.15) is 0 Å². The number of amides is 1. The second kappa shape index (κ2) is 7.06. The summed E-state index contributed by atoms with van der Waals surface area (Å²) in [6.07, 6.45) is 0.